The van der Waals surface area contributed by atoms with Crippen LogP contribution in [0.15, 0.2) is 53.5 Å². The third-order valence-electron chi connectivity index (χ3n) is 4.05. The van der Waals surface area contributed by atoms with Gasteiger partial charge in [0, 0.05) is 22.0 Å². The van der Waals surface area contributed by atoms with Crippen molar-refractivity contribution in [2.45, 2.75) is 20.4 Å². The summed E-state index contributed by atoms with van der Waals surface area (Å²) in [6.45, 7) is 4.80. The summed E-state index contributed by atoms with van der Waals surface area (Å²) in [6, 6.07) is 14.7. The van der Waals surface area contributed by atoms with Gasteiger partial charge in [-0.05, 0) is 55.8 Å². The van der Waals surface area contributed by atoms with E-state index < -0.39 is 0 Å². The maximum absolute atomic E-state index is 12.6. The van der Waals surface area contributed by atoms with Crippen LogP contribution in [0.5, 0.6) is 5.75 Å². The monoisotopic (exact) mass is 386 g/mol. The van der Waals surface area contributed by atoms with E-state index in [1.807, 2.05) is 38.1 Å². The Kier molecular flexibility index (Phi) is 5.59. The van der Waals surface area contributed by atoms with E-state index in [0.29, 0.717) is 21.1 Å². The van der Waals surface area contributed by atoms with Gasteiger partial charge < -0.3 is 9.30 Å². The lowest BCUT2D eigenvalue weighted by Crippen LogP contribution is -2.17. The van der Waals surface area contributed by atoms with Gasteiger partial charge in [-0.1, -0.05) is 23.7 Å². The number of carbonyl (C=O) groups is 1. The van der Waals surface area contributed by atoms with Crippen molar-refractivity contribution in [3.05, 3.63) is 68.8 Å². The van der Waals surface area contributed by atoms with E-state index in [4.69, 9.17) is 16.3 Å². The van der Waals surface area contributed by atoms with E-state index in [-0.39, 0.29) is 5.91 Å². The summed E-state index contributed by atoms with van der Waals surface area (Å²) >= 11 is 7.51. The summed E-state index contributed by atoms with van der Waals surface area (Å²) in [4.78, 5) is 18.7. The summed E-state index contributed by atoms with van der Waals surface area (Å²) < 4.78 is 7.19. The first-order valence-electron chi connectivity index (χ1n) is 8.22. The fourth-order valence-electron chi connectivity index (χ4n) is 2.75. The number of thiazole rings is 1. The van der Waals surface area contributed by atoms with E-state index >= 15 is 0 Å². The lowest BCUT2D eigenvalue weighted by molar-refractivity contribution is 0.0998. The average Bonchev–Trinajstić information content (AvgIpc) is 2.97. The highest BCUT2D eigenvalue weighted by molar-refractivity contribution is 7.09. The zero-order valence-corrected chi connectivity index (χ0v) is 16.4. The van der Waals surface area contributed by atoms with Crippen molar-refractivity contribution in [1.29, 1.82) is 0 Å². The number of hydrogen-bond acceptors (Lipinski definition) is 3. The topological polar surface area (TPSA) is 43.6 Å². The summed E-state index contributed by atoms with van der Waals surface area (Å²) in [5.74, 6) is 0.445. The molecule has 134 valence electrons. The van der Waals surface area contributed by atoms with Gasteiger partial charge >= 0.3 is 0 Å². The second kappa shape index (κ2) is 7.89. The van der Waals surface area contributed by atoms with Crippen LogP contribution in [-0.4, -0.2) is 17.6 Å². The Morgan fingerprint density at radius 1 is 1.15 bits per heavy atom. The van der Waals surface area contributed by atoms with Crippen LogP contribution in [0, 0.1) is 6.92 Å². The molecule has 0 saturated carbocycles. The Balaban J connectivity index is 2.04. The van der Waals surface area contributed by atoms with Gasteiger partial charge in [0.15, 0.2) is 4.80 Å². The molecule has 0 N–H and O–H groups in total. The van der Waals surface area contributed by atoms with Crippen molar-refractivity contribution in [1.82, 2.24) is 4.57 Å². The summed E-state index contributed by atoms with van der Waals surface area (Å²) in [5, 5.41) is 0.698. The maximum atomic E-state index is 12.6. The molecular formula is C20H19ClN2O2S. The molecule has 6 heteroatoms. The third-order valence-corrected chi connectivity index (χ3v) is 5.29. The molecular weight excluding hydrogens is 368 g/mol. The number of rotatable bonds is 4. The summed E-state index contributed by atoms with van der Waals surface area (Å²) in [5.41, 5.74) is 2.66. The second-order valence-corrected chi connectivity index (χ2v) is 7.30. The molecule has 1 amide bonds. The van der Waals surface area contributed by atoms with Crippen molar-refractivity contribution in [3.8, 4) is 17.0 Å². The maximum Gasteiger partial charge on any atom is 0.279 e. The molecule has 1 heterocycles. The molecule has 0 aliphatic carbocycles. The number of hydrogen-bond donors (Lipinski definition) is 0. The highest BCUT2D eigenvalue weighted by Crippen LogP contribution is 2.26. The Labute approximate surface area is 161 Å². The van der Waals surface area contributed by atoms with Crippen LogP contribution in [0.4, 0.5) is 0 Å². The Morgan fingerprint density at radius 2 is 1.81 bits per heavy atom. The van der Waals surface area contributed by atoms with Crippen LogP contribution in [0.2, 0.25) is 5.02 Å². The largest absolute Gasteiger partial charge is 0.497 e. The smallest absolute Gasteiger partial charge is 0.279 e. The molecule has 0 bridgehead atoms. The van der Waals surface area contributed by atoms with Crippen LogP contribution in [0.1, 0.15) is 22.2 Å². The molecule has 0 radical (unpaired) electrons. The number of halogens is 1. The average molecular weight is 387 g/mol. The van der Waals surface area contributed by atoms with Gasteiger partial charge in [-0.15, -0.1) is 11.3 Å². The predicted octanol–water partition coefficient (Wildman–Crippen LogP) is 4.95. The van der Waals surface area contributed by atoms with Crippen LogP contribution < -0.4 is 9.54 Å². The lowest BCUT2D eigenvalue weighted by atomic mass is 10.1. The molecule has 4 nitrogen and oxygen atoms in total. The fraction of sp³-hybridized carbons (Fsp3) is 0.200. The standard InChI is InChI=1S/C20H19ClN2O2S/c1-4-23-18(14-5-9-16(21)10-6-14)13(2)26-20(23)22-19(24)15-7-11-17(25-3)12-8-15/h5-12H,4H2,1-3H3. The van der Waals surface area contributed by atoms with Crippen molar-refractivity contribution in [3.63, 3.8) is 0 Å². The van der Waals surface area contributed by atoms with Crippen LogP contribution in [0.3, 0.4) is 0 Å². The van der Waals surface area contributed by atoms with Gasteiger partial charge in [0.05, 0.1) is 12.8 Å². The zero-order valence-electron chi connectivity index (χ0n) is 14.8. The lowest BCUT2D eigenvalue weighted by Gasteiger charge is -2.07. The quantitative estimate of drug-likeness (QED) is 0.636. The molecule has 0 aliphatic heterocycles. The van der Waals surface area contributed by atoms with Crippen LogP contribution >= 0.6 is 22.9 Å². The number of amides is 1. The molecule has 1 aromatic heterocycles. The van der Waals surface area contributed by atoms with Gasteiger partial charge in [0.25, 0.3) is 5.91 Å². The molecule has 0 unspecified atom stereocenters. The molecule has 3 aromatic rings. The molecule has 26 heavy (non-hydrogen) atoms. The number of carbonyl (C=O) groups excluding carboxylic acids is 1. The SMILES string of the molecule is CCn1c(-c2ccc(Cl)cc2)c(C)sc1=NC(=O)c1ccc(OC)cc1. The molecule has 0 aliphatic rings. The van der Waals surface area contributed by atoms with Gasteiger partial charge in [-0.2, -0.15) is 4.99 Å². The van der Waals surface area contributed by atoms with Gasteiger partial charge in [0.1, 0.15) is 5.75 Å². The number of aromatic nitrogens is 1. The molecule has 0 spiro atoms. The number of ether oxygens (including phenoxy) is 1. The number of methoxy groups -OCH3 is 1. The summed E-state index contributed by atoms with van der Waals surface area (Å²) in [7, 11) is 1.60. The highest BCUT2D eigenvalue weighted by atomic mass is 35.5. The normalized spacial score (nSPS) is 11.6. The number of aryl methyl sites for hydroxylation is 1. The van der Waals surface area contributed by atoms with E-state index in [2.05, 4.69) is 9.56 Å². The number of benzene rings is 2. The van der Waals surface area contributed by atoms with Crippen molar-refractivity contribution >= 4 is 28.8 Å². The third kappa shape index (κ3) is 3.74. The minimum Gasteiger partial charge on any atom is -0.497 e. The van der Waals surface area contributed by atoms with Gasteiger partial charge in [-0.3, -0.25) is 4.79 Å². The molecule has 0 fully saturated rings. The Bertz CT molecular complexity index is 986. The Hall–Kier alpha value is -2.37. The minimum atomic E-state index is -0.265. The van der Waals surface area contributed by atoms with E-state index in [1.54, 1.807) is 31.4 Å². The van der Waals surface area contributed by atoms with E-state index in [1.165, 1.54) is 11.3 Å². The minimum absolute atomic E-state index is 0.265. The highest BCUT2D eigenvalue weighted by Gasteiger charge is 2.13. The molecule has 0 atom stereocenters. The first kappa shape index (κ1) is 18.4. The molecule has 0 saturated heterocycles. The van der Waals surface area contributed by atoms with Crippen molar-refractivity contribution < 1.29 is 9.53 Å². The van der Waals surface area contributed by atoms with E-state index in [0.717, 1.165) is 22.7 Å². The van der Waals surface area contributed by atoms with Crippen molar-refractivity contribution in [2.24, 2.45) is 4.99 Å². The fourth-order valence-corrected chi connectivity index (χ4v) is 3.94. The first-order valence-corrected chi connectivity index (χ1v) is 9.42. The van der Waals surface area contributed by atoms with Crippen LogP contribution in [0.25, 0.3) is 11.3 Å². The Morgan fingerprint density at radius 3 is 2.38 bits per heavy atom. The first-order chi connectivity index (χ1) is 12.5. The van der Waals surface area contributed by atoms with Crippen LogP contribution in [-0.2, 0) is 6.54 Å². The van der Waals surface area contributed by atoms with Gasteiger partial charge in [-0.25, -0.2) is 0 Å². The summed E-state index contributed by atoms with van der Waals surface area (Å²) in [6.07, 6.45) is 0. The molecule has 2 aromatic carbocycles. The zero-order chi connectivity index (χ0) is 18.7. The van der Waals surface area contributed by atoms with Gasteiger partial charge in [0.2, 0.25) is 0 Å². The predicted molar refractivity (Wildman–Crippen MR) is 106 cm³/mol. The number of nitrogens with zero attached hydrogens (tertiary/aromatic N) is 2. The second-order valence-electron chi connectivity index (χ2n) is 5.69. The molecule has 3 rings (SSSR count). The van der Waals surface area contributed by atoms with Crippen molar-refractivity contribution in [2.75, 3.05) is 7.11 Å². The van der Waals surface area contributed by atoms with E-state index in [9.17, 15) is 4.79 Å².